The molecule has 1 saturated carbocycles. The molecule has 4 rings (SSSR count). The molecular weight excluding hydrogens is 418 g/mol. The second kappa shape index (κ2) is 8.08. The molecule has 2 aliphatic carbocycles. The third-order valence-electron chi connectivity index (χ3n) is 8.05. The van der Waals surface area contributed by atoms with Crippen molar-refractivity contribution in [2.24, 2.45) is 11.3 Å². The first-order valence-corrected chi connectivity index (χ1v) is 11.7. The van der Waals surface area contributed by atoms with Gasteiger partial charge in [0.05, 0.1) is 0 Å². The van der Waals surface area contributed by atoms with E-state index in [1.807, 2.05) is 0 Å². The van der Waals surface area contributed by atoms with Gasteiger partial charge < -0.3 is 20.6 Å². The molecule has 0 radical (unpaired) electrons. The second-order valence-corrected chi connectivity index (χ2v) is 10.6. The Morgan fingerprint density at radius 2 is 1.76 bits per heavy atom. The molecule has 33 heavy (non-hydrogen) atoms. The van der Waals surface area contributed by atoms with Crippen molar-refractivity contribution in [1.82, 2.24) is 5.32 Å². The van der Waals surface area contributed by atoms with Gasteiger partial charge in [-0.3, -0.25) is 9.59 Å². The number of fused-ring (bicyclic) bond motifs is 3. The molecule has 176 valence electrons. The topological polar surface area (TPSA) is 107 Å². The first kappa shape index (κ1) is 23.1. The summed E-state index contributed by atoms with van der Waals surface area (Å²) < 4.78 is 0. The van der Waals surface area contributed by atoms with E-state index in [9.17, 15) is 24.9 Å². The number of phenolic OH excluding ortho intramolecular Hbond substituents is 3. The first-order valence-electron chi connectivity index (χ1n) is 11.7. The van der Waals surface area contributed by atoms with Crippen LogP contribution in [-0.4, -0.2) is 33.6 Å². The van der Waals surface area contributed by atoms with E-state index in [4.69, 9.17) is 0 Å². The molecule has 2 aliphatic rings. The summed E-state index contributed by atoms with van der Waals surface area (Å²) >= 11 is 0. The normalized spacial score (nSPS) is 26.6. The lowest BCUT2D eigenvalue weighted by Crippen LogP contribution is -2.54. The Labute approximate surface area is 194 Å². The van der Waals surface area contributed by atoms with Gasteiger partial charge in [-0.2, -0.15) is 0 Å². The highest BCUT2D eigenvalue weighted by molar-refractivity contribution is 6.00. The van der Waals surface area contributed by atoms with Gasteiger partial charge in [-0.05, 0) is 64.8 Å². The zero-order chi connectivity index (χ0) is 24.1. The number of rotatable bonds is 4. The number of aromatic hydroxyl groups is 3. The van der Waals surface area contributed by atoms with Gasteiger partial charge in [0.25, 0.3) is 5.91 Å². The molecule has 0 unspecified atom stereocenters. The van der Waals surface area contributed by atoms with Crippen LogP contribution in [0.3, 0.4) is 0 Å². The van der Waals surface area contributed by atoms with Crippen LogP contribution in [0.5, 0.6) is 17.2 Å². The van der Waals surface area contributed by atoms with Crippen molar-refractivity contribution in [1.29, 1.82) is 0 Å². The standard InChI is InChI=1S/C27H33NO5/c1-15(2)16-6-7-19-18(10-16)20(29)13-23-26(3,8-5-9-27(19,23)4)14-28-25(33)17-11-21(30)24(32)22(31)12-17/h6-7,10-12,15,23,30-32H,5,8-9,13-14H2,1-4H3,(H,28,33)/t23-,26-,27+/m0/s1. The van der Waals surface area contributed by atoms with Crippen LogP contribution >= 0.6 is 0 Å². The van der Waals surface area contributed by atoms with Crippen LogP contribution in [0.1, 0.15) is 91.1 Å². The van der Waals surface area contributed by atoms with Crippen LogP contribution in [0, 0.1) is 11.3 Å². The Hall–Kier alpha value is -3.02. The summed E-state index contributed by atoms with van der Waals surface area (Å²) in [5.41, 5.74) is 2.79. The maximum atomic E-state index is 13.2. The zero-order valence-electron chi connectivity index (χ0n) is 19.7. The van der Waals surface area contributed by atoms with Gasteiger partial charge in [0, 0.05) is 24.1 Å². The van der Waals surface area contributed by atoms with E-state index in [1.165, 1.54) is 5.56 Å². The summed E-state index contributed by atoms with van der Waals surface area (Å²) in [6.45, 7) is 9.04. The molecule has 1 fully saturated rings. The summed E-state index contributed by atoms with van der Waals surface area (Å²) in [5, 5.41) is 31.9. The summed E-state index contributed by atoms with van der Waals surface area (Å²) in [4.78, 5) is 26.0. The molecule has 0 spiro atoms. The number of hydrogen-bond acceptors (Lipinski definition) is 5. The SMILES string of the molecule is CC(C)c1ccc2c(c1)C(=O)C[C@H]1[C@](C)(CNC(=O)c3cc(O)c(O)c(O)c3)CCC[C@]21C. The third kappa shape index (κ3) is 3.85. The number of Topliss-reactive ketones (excluding diaryl/α,β-unsaturated/α-hetero) is 1. The summed E-state index contributed by atoms with van der Waals surface area (Å²) in [7, 11) is 0. The van der Waals surface area contributed by atoms with Crippen molar-refractivity contribution in [3.05, 3.63) is 52.6 Å². The van der Waals surface area contributed by atoms with Crippen molar-refractivity contribution in [2.45, 2.75) is 64.7 Å². The molecule has 2 aromatic carbocycles. The van der Waals surface area contributed by atoms with Crippen molar-refractivity contribution in [3.8, 4) is 17.2 Å². The maximum absolute atomic E-state index is 13.2. The molecule has 0 aliphatic heterocycles. The molecular formula is C27H33NO5. The largest absolute Gasteiger partial charge is 0.504 e. The number of amides is 1. The number of carbonyl (C=O) groups is 2. The Balaban J connectivity index is 1.61. The zero-order valence-corrected chi connectivity index (χ0v) is 19.7. The molecule has 6 nitrogen and oxygen atoms in total. The summed E-state index contributed by atoms with van der Waals surface area (Å²) in [6.07, 6.45) is 3.35. The van der Waals surface area contributed by atoms with E-state index in [-0.39, 0.29) is 28.1 Å². The van der Waals surface area contributed by atoms with Crippen LogP contribution in [0.2, 0.25) is 0 Å². The number of nitrogens with one attached hydrogen (secondary N) is 1. The van der Waals surface area contributed by atoms with Gasteiger partial charge in [0.2, 0.25) is 0 Å². The van der Waals surface area contributed by atoms with Gasteiger partial charge in [0.15, 0.2) is 23.0 Å². The molecule has 0 heterocycles. The van der Waals surface area contributed by atoms with E-state index in [0.717, 1.165) is 42.5 Å². The quantitative estimate of drug-likeness (QED) is 0.489. The fraction of sp³-hybridized carbons (Fsp3) is 0.481. The van der Waals surface area contributed by atoms with Crippen LogP contribution in [0.15, 0.2) is 30.3 Å². The molecule has 3 atom stereocenters. The van der Waals surface area contributed by atoms with Gasteiger partial charge in [0.1, 0.15) is 0 Å². The number of benzene rings is 2. The molecule has 1 amide bonds. The molecule has 0 bridgehead atoms. The average molecular weight is 452 g/mol. The van der Waals surface area contributed by atoms with E-state index >= 15 is 0 Å². The third-order valence-corrected chi connectivity index (χ3v) is 8.05. The van der Waals surface area contributed by atoms with Crippen LogP contribution in [0.25, 0.3) is 0 Å². The molecule has 4 N–H and O–H groups in total. The fourth-order valence-electron chi connectivity index (χ4n) is 6.05. The Morgan fingerprint density at radius 1 is 1.09 bits per heavy atom. The molecule has 0 aromatic heterocycles. The fourth-order valence-corrected chi connectivity index (χ4v) is 6.05. The lowest BCUT2D eigenvalue weighted by atomic mass is 9.49. The van der Waals surface area contributed by atoms with Gasteiger partial charge in [-0.15, -0.1) is 0 Å². The van der Waals surface area contributed by atoms with Crippen molar-refractivity contribution in [3.63, 3.8) is 0 Å². The Morgan fingerprint density at radius 3 is 2.39 bits per heavy atom. The highest BCUT2D eigenvalue weighted by Gasteiger charge is 2.53. The predicted molar refractivity (Wildman–Crippen MR) is 126 cm³/mol. The van der Waals surface area contributed by atoms with Gasteiger partial charge in [-0.25, -0.2) is 0 Å². The van der Waals surface area contributed by atoms with E-state index in [2.05, 4.69) is 51.2 Å². The number of carbonyl (C=O) groups excluding carboxylic acids is 2. The molecule has 6 heteroatoms. The number of hydrogen-bond donors (Lipinski definition) is 4. The first-order chi connectivity index (χ1) is 15.5. The number of phenols is 3. The highest BCUT2D eigenvalue weighted by atomic mass is 16.3. The minimum Gasteiger partial charge on any atom is -0.504 e. The smallest absolute Gasteiger partial charge is 0.251 e. The number of ketones is 1. The molecule has 0 saturated heterocycles. The van der Waals surface area contributed by atoms with Crippen LogP contribution in [0.4, 0.5) is 0 Å². The summed E-state index contributed by atoms with van der Waals surface area (Å²) in [6, 6.07) is 8.61. The van der Waals surface area contributed by atoms with E-state index in [0.29, 0.717) is 18.9 Å². The van der Waals surface area contributed by atoms with Crippen LogP contribution < -0.4 is 5.32 Å². The van der Waals surface area contributed by atoms with Crippen molar-refractivity contribution < 1.29 is 24.9 Å². The highest BCUT2D eigenvalue weighted by Crippen LogP contribution is 2.57. The molecule has 2 aromatic rings. The lowest BCUT2D eigenvalue weighted by Gasteiger charge is -2.55. The minimum atomic E-state index is -0.651. The van der Waals surface area contributed by atoms with E-state index < -0.39 is 23.2 Å². The van der Waals surface area contributed by atoms with Gasteiger partial charge >= 0.3 is 0 Å². The Kier molecular flexibility index (Phi) is 5.67. The monoisotopic (exact) mass is 451 g/mol. The maximum Gasteiger partial charge on any atom is 0.251 e. The lowest BCUT2D eigenvalue weighted by molar-refractivity contribution is 0.0250. The summed E-state index contributed by atoms with van der Waals surface area (Å²) in [5.74, 6) is -1.58. The average Bonchev–Trinajstić information content (AvgIpc) is 2.77. The van der Waals surface area contributed by atoms with Crippen molar-refractivity contribution >= 4 is 11.7 Å². The minimum absolute atomic E-state index is 0.0660. The van der Waals surface area contributed by atoms with Crippen LogP contribution in [-0.2, 0) is 5.41 Å². The van der Waals surface area contributed by atoms with E-state index in [1.54, 1.807) is 0 Å². The second-order valence-electron chi connectivity index (χ2n) is 10.6. The van der Waals surface area contributed by atoms with Crippen molar-refractivity contribution in [2.75, 3.05) is 6.54 Å². The van der Waals surface area contributed by atoms with Gasteiger partial charge in [-0.1, -0.05) is 46.2 Å². The predicted octanol–water partition coefficient (Wildman–Crippen LogP) is 5.01. The Bertz CT molecular complexity index is 1100.